The van der Waals surface area contributed by atoms with Crippen molar-refractivity contribution in [2.45, 2.75) is 45.4 Å². The maximum atomic E-state index is 12.2. The van der Waals surface area contributed by atoms with Crippen LogP contribution >= 0.6 is 0 Å². The van der Waals surface area contributed by atoms with Crippen LogP contribution in [0.3, 0.4) is 0 Å². The number of hydrogen-bond acceptors (Lipinski definition) is 2. The summed E-state index contributed by atoms with van der Waals surface area (Å²) in [4.78, 5) is 12.2. The van der Waals surface area contributed by atoms with Gasteiger partial charge in [-0.25, -0.2) is 0 Å². The van der Waals surface area contributed by atoms with Crippen LogP contribution in [0.15, 0.2) is 6.07 Å². The lowest BCUT2D eigenvalue weighted by Crippen LogP contribution is -2.27. The van der Waals surface area contributed by atoms with E-state index in [9.17, 15) is 4.79 Å². The van der Waals surface area contributed by atoms with Crippen LogP contribution in [-0.2, 0) is 4.79 Å². The summed E-state index contributed by atoms with van der Waals surface area (Å²) in [6, 6.07) is 1.94. The number of carbonyl (C=O) groups is 1. The van der Waals surface area contributed by atoms with Crippen LogP contribution in [0.25, 0.3) is 0 Å². The highest BCUT2D eigenvalue weighted by Gasteiger charge is 2.43. The molecule has 1 heterocycles. The first kappa shape index (κ1) is 11.8. The Bertz CT molecular complexity index is 452. The van der Waals surface area contributed by atoms with E-state index in [4.69, 9.17) is 0 Å². The lowest BCUT2D eigenvalue weighted by atomic mass is 9.88. The highest BCUT2D eigenvalue weighted by Crippen LogP contribution is 2.48. The highest BCUT2D eigenvalue weighted by atomic mass is 16.2. The Kier molecular flexibility index (Phi) is 2.88. The fraction of sp³-hybridized carbons (Fsp3) is 0.714. The van der Waals surface area contributed by atoms with Crippen molar-refractivity contribution in [2.24, 2.45) is 17.8 Å². The van der Waals surface area contributed by atoms with Crippen LogP contribution in [0.2, 0.25) is 0 Å². The zero-order valence-electron chi connectivity index (χ0n) is 11.1. The van der Waals surface area contributed by atoms with Crippen molar-refractivity contribution in [1.29, 1.82) is 0 Å². The Morgan fingerprint density at radius 2 is 2.28 bits per heavy atom. The second-order valence-corrected chi connectivity index (χ2v) is 6.13. The monoisotopic (exact) mass is 247 g/mol. The molecule has 3 unspecified atom stereocenters. The summed E-state index contributed by atoms with van der Waals surface area (Å²) in [5, 5.41) is 10.1. The number of H-pyrrole nitrogens is 1. The van der Waals surface area contributed by atoms with Crippen molar-refractivity contribution in [3.63, 3.8) is 0 Å². The summed E-state index contributed by atoms with van der Waals surface area (Å²) in [5.41, 5.74) is 1.07. The second-order valence-electron chi connectivity index (χ2n) is 6.13. The van der Waals surface area contributed by atoms with Gasteiger partial charge in [0.1, 0.15) is 0 Å². The largest absolute Gasteiger partial charge is 0.309 e. The predicted molar refractivity (Wildman–Crippen MR) is 70.2 cm³/mol. The molecule has 2 saturated carbocycles. The fourth-order valence-corrected chi connectivity index (χ4v) is 3.48. The molecule has 0 aromatic carbocycles. The molecule has 18 heavy (non-hydrogen) atoms. The first-order valence-corrected chi connectivity index (χ1v) is 6.99. The van der Waals surface area contributed by atoms with E-state index in [2.05, 4.69) is 29.4 Å². The van der Waals surface area contributed by atoms with Crippen LogP contribution in [0, 0.1) is 17.8 Å². The number of amides is 1. The van der Waals surface area contributed by atoms with Gasteiger partial charge in [-0.1, -0.05) is 20.3 Å². The molecular formula is C14H21N3O. The van der Waals surface area contributed by atoms with E-state index in [1.54, 1.807) is 0 Å². The van der Waals surface area contributed by atoms with Gasteiger partial charge in [0, 0.05) is 17.7 Å². The summed E-state index contributed by atoms with van der Waals surface area (Å²) in [6.07, 6.45) is 4.91. The summed E-state index contributed by atoms with van der Waals surface area (Å²) in [5.74, 6) is 2.90. The summed E-state index contributed by atoms with van der Waals surface area (Å²) >= 11 is 0. The Hall–Kier alpha value is -1.32. The number of fused-ring (bicyclic) bond motifs is 2. The van der Waals surface area contributed by atoms with Crippen LogP contribution in [0.5, 0.6) is 0 Å². The molecule has 3 rings (SSSR count). The SMILES string of the molecule is CC(C)c1cc(NC(=O)C2CC3CCC2C3)n[nH]1. The zero-order valence-corrected chi connectivity index (χ0v) is 11.1. The van der Waals surface area contributed by atoms with E-state index in [0.717, 1.165) is 18.0 Å². The number of hydrogen-bond donors (Lipinski definition) is 2. The van der Waals surface area contributed by atoms with Crippen LogP contribution in [0.4, 0.5) is 5.82 Å². The van der Waals surface area contributed by atoms with Crippen LogP contribution in [0.1, 0.15) is 51.1 Å². The van der Waals surface area contributed by atoms with Crippen molar-refractivity contribution in [3.8, 4) is 0 Å². The smallest absolute Gasteiger partial charge is 0.228 e. The summed E-state index contributed by atoms with van der Waals surface area (Å²) in [6.45, 7) is 4.21. The Morgan fingerprint density at radius 1 is 1.44 bits per heavy atom. The first-order valence-electron chi connectivity index (χ1n) is 6.99. The molecule has 0 spiro atoms. The second kappa shape index (κ2) is 4.41. The van der Waals surface area contributed by atoms with Gasteiger partial charge in [-0.05, 0) is 37.0 Å². The van der Waals surface area contributed by atoms with Gasteiger partial charge in [0.25, 0.3) is 0 Å². The van der Waals surface area contributed by atoms with Crippen molar-refractivity contribution in [2.75, 3.05) is 5.32 Å². The molecule has 4 heteroatoms. The van der Waals surface area contributed by atoms with Crippen molar-refractivity contribution in [3.05, 3.63) is 11.8 Å². The molecule has 2 bridgehead atoms. The van der Waals surface area contributed by atoms with Gasteiger partial charge in [0.2, 0.25) is 5.91 Å². The lowest BCUT2D eigenvalue weighted by molar-refractivity contribution is -0.121. The lowest BCUT2D eigenvalue weighted by Gasteiger charge is -2.19. The van der Waals surface area contributed by atoms with Gasteiger partial charge >= 0.3 is 0 Å². The molecule has 98 valence electrons. The molecule has 0 radical (unpaired) electrons. The van der Waals surface area contributed by atoms with Crippen molar-refractivity contribution < 1.29 is 4.79 Å². The third kappa shape index (κ3) is 2.04. The van der Waals surface area contributed by atoms with Gasteiger partial charge in [-0.3, -0.25) is 9.89 Å². The van der Waals surface area contributed by atoms with E-state index in [0.29, 0.717) is 17.7 Å². The normalized spacial score (nSPS) is 30.1. The molecule has 1 amide bonds. The zero-order chi connectivity index (χ0) is 12.7. The molecular weight excluding hydrogens is 226 g/mol. The van der Waals surface area contributed by atoms with Crippen LogP contribution < -0.4 is 5.32 Å². The van der Waals surface area contributed by atoms with E-state index >= 15 is 0 Å². The van der Waals surface area contributed by atoms with Crippen molar-refractivity contribution >= 4 is 11.7 Å². The molecule has 3 atom stereocenters. The minimum atomic E-state index is 0.170. The van der Waals surface area contributed by atoms with E-state index in [-0.39, 0.29) is 11.8 Å². The number of aromatic amines is 1. The molecule has 2 aliphatic rings. The van der Waals surface area contributed by atoms with Gasteiger partial charge in [-0.15, -0.1) is 0 Å². The molecule has 4 nitrogen and oxygen atoms in total. The topological polar surface area (TPSA) is 57.8 Å². The Labute approximate surface area is 108 Å². The van der Waals surface area contributed by atoms with Gasteiger partial charge in [0.05, 0.1) is 0 Å². The maximum absolute atomic E-state index is 12.2. The molecule has 1 aromatic heterocycles. The van der Waals surface area contributed by atoms with E-state index < -0.39 is 0 Å². The molecule has 0 saturated heterocycles. The summed E-state index contributed by atoms with van der Waals surface area (Å²) in [7, 11) is 0. The number of nitrogens with zero attached hydrogens (tertiary/aromatic N) is 1. The summed E-state index contributed by atoms with van der Waals surface area (Å²) < 4.78 is 0. The average molecular weight is 247 g/mol. The quantitative estimate of drug-likeness (QED) is 0.862. The molecule has 1 aromatic rings. The third-order valence-corrected chi connectivity index (χ3v) is 4.55. The Morgan fingerprint density at radius 3 is 2.83 bits per heavy atom. The van der Waals surface area contributed by atoms with Gasteiger partial charge in [-0.2, -0.15) is 5.10 Å². The first-order chi connectivity index (χ1) is 8.63. The average Bonchev–Trinajstić information content (AvgIpc) is 3.03. The highest BCUT2D eigenvalue weighted by molar-refractivity contribution is 5.92. The number of rotatable bonds is 3. The molecule has 2 aliphatic carbocycles. The van der Waals surface area contributed by atoms with Gasteiger partial charge < -0.3 is 5.32 Å². The minimum Gasteiger partial charge on any atom is -0.309 e. The molecule has 0 aliphatic heterocycles. The molecule has 2 fully saturated rings. The number of nitrogens with one attached hydrogen (secondary N) is 2. The number of anilines is 1. The third-order valence-electron chi connectivity index (χ3n) is 4.55. The van der Waals surface area contributed by atoms with Crippen LogP contribution in [-0.4, -0.2) is 16.1 Å². The molecule has 2 N–H and O–H groups in total. The predicted octanol–water partition coefficient (Wildman–Crippen LogP) is 2.91. The standard InChI is InChI=1S/C14H21N3O/c1-8(2)12-7-13(17-16-12)15-14(18)11-6-9-3-4-10(11)5-9/h7-11H,3-6H2,1-2H3,(H2,15,16,17,18). The van der Waals surface area contributed by atoms with Crippen molar-refractivity contribution in [1.82, 2.24) is 10.2 Å². The van der Waals surface area contributed by atoms with E-state index in [1.165, 1.54) is 19.3 Å². The Balaban J connectivity index is 1.63. The number of aromatic nitrogens is 2. The maximum Gasteiger partial charge on any atom is 0.228 e. The number of carbonyl (C=O) groups excluding carboxylic acids is 1. The minimum absolute atomic E-state index is 0.170. The fourth-order valence-electron chi connectivity index (χ4n) is 3.48. The van der Waals surface area contributed by atoms with E-state index in [1.807, 2.05) is 6.07 Å². The van der Waals surface area contributed by atoms with Gasteiger partial charge in [0.15, 0.2) is 5.82 Å².